The molecule has 1 atom stereocenters. The number of hydrogen-bond donors (Lipinski definition) is 2. The van der Waals surface area contributed by atoms with Crippen LogP contribution in [0.2, 0.25) is 0 Å². The van der Waals surface area contributed by atoms with E-state index in [0.29, 0.717) is 29.3 Å². The third-order valence-corrected chi connectivity index (χ3v) is 5.36. The van der Waals surface area contributed by atoms with Gasteiger partial charge in [0.05, 0.1) is 5.69 Å². The number of hydrazine groups is 1. The van der Waals surface area contributed by atoms with Crippen molar-refractivity contribution in [2.45, 2.75) is 25.3 Å². The first kappa shape index (κ1) is 20.4. The van der Waals surface area contributed by atoms with E-state index in [1.54, 1.807) is 31.2 Å². The number of hydrogen-bond acceptors (Lipinski definition) is 5. The minimum Gasteiger partial charge on any atom is -0.482 e. The second-order valence-electron chi connectivity index (χ2n) is 7.66. The van der Waals surface area contributed by atoms with Crippen molar-refractivity contribution in [3.63, 3.8) is 0 Å². The van der Waals surface area contributed by atoms with Crippen LogP contribution >= 0.6 is 0 Å². The number of anilines is 1. The Labute approximate surface area is 178 Å². The van der Waals surface area contributed by atoms with Gasteiger partial charge in [0.15, 0.2) is 6.61 Å². The molecular formula is C22H22N4O5. The van der Waals surface area contributed by atoms with E-state index < -0.39 is 29.3 Å². The summed E-state index contributed by atoms with van der Waals surface area (Å²) in [6, 6.07) is 15.7. The van der Waals surface area contributed by atoms with Crippen LogP contribution in [0.4, 0.5) is 10.5 Å². The molecular weight excluding hydrogens is 400 g/mol. The van der Waals surface area contributed by atoms with Gasteiger partial charge in [0.1, 0.15) is 17.8 Å². The van der Waals surface area contributed by atoms with Gasteiger partial charge in [0, 0.05) is 0 Å². The fraction of sp³-hybridized carbons (Fsp3) is 0.273. The van der Waals surface area contributed by atoms with Crippen LogP contribution in [0.5, 0.6) is 5.75 Å². The fourth-order valence-electron chi connectivity index (χ4n) is 3.63. The molecule has 0 aliphatic carbocycles. The third-order valence-electron chi connectivity index (χ3n) is 5.36. The molecule has 2 aliphatic rings. The number of nitrogens with one attached hydrogen (secondary N) is 2. The monoisotopic (exact) mass is 422 g/mol. The van der Waals surface area contributed by atoms with Gasteiger partial charge in [0.2, 0.25) is 0 Å². The van der Waals surface area contributed by atoms with Crippen LogP contribution in [0.15, 0.2) is 54.6 Å². The summed E-state index contributed by atoms with van der Waals surface area (Å²) in [7, 11) is 0. The van der Waals surface area contributed by atoms with Gasteiger partial charge < -0.3 is 10.1 Å². The van der Waals surface area contributed by atoms with E-state index >= 15 is 0 Å². The number of carbonyl (C=O) groups excluding carboxylic acids is 4. The molecule has 0 bridgehead atoms. The van der Waals surface area contributed by atoms with Gasteiger partial charge in [0.25, 0.3) is 17.7 Å². The molecule has 1 saturated heterocycles. The standard InChI is InChI=1S/C22H22N4O5/c1-22(12-11-15-7-3-2-4-8-15)20(29)26(21(30)23-22)24-18(27)13-25-16-9-5-6-10-17(16)31-14-19(25)28/h2-10H,11-14H2,1H3,(H,23,30)(H,24,27)/t22-/m0/s1. The Morgan fingerprint density at radius 1 is 1.10 bits per heavy atom. The molecule has 2 aromatic carbocycles. The van der Waals surface area contributed by atoms with Crippen molar-refractivity contribution in [2.75, 3.05) is 18.1 Å². The number of fused-ring (bicyclic) bond motifs is 1. The lowest BCUT2D eigenvalue weighted by Crippen LogP contribution is -2.53. The molecule has 0 aromatic heterocycles. The number of nitrogens with zero attached hydrogens (tertiary/aromatic N) is 2. The Hall–Kier alpha value is -3.88. The average Bonchev–Trinajstić information content (AvgIpc) is 2.98. The Morgan fingerprint density at radius 2 is 1.81 bits per heavy atom. The number of imide groups is 1. The molecule has 5 amide bonds. The molecule has 31 heavy (non-hydrogen) atoms. The van der Waals surface area contributed by atoms with Gasteiger partial charge in [-0.15, -0.1) is 0 Å². The lowest BCUT2D eigenvalue weighted by molar-refractivity contribution is -0.138. The Bertz CT molecular complexity index is 1040. The number of rotatable bonds is 6. The van der Waals surface area contributed by atoms with Gasteiger partial charge in [-0.1, -0.05) is 42.5 Å². The van der Waals surface area contributed by atoms with Crippen molar-refractivity contribution in [1.82, 2.24) is 15.8 Å². The molecule has 0 saturated carbocycles. The van der Waals surface area contributed by atoms with Gasteiger partial charge in [-0.05, 0) is 37.5 Å². The number of urea groups is 1. The number of aryl methyl sites for hydroxylation is 1. The molecule has 2 aliphatic heterocycles. The molecule has 2 N–H and O–H groups in total. The summed E-state index contributed by atoms with van der Waals surface area (Å²) in [4.78, 5) is 51.3. The smallest absolute Gasteiger partial charge is 0.344 e. The van der Waals surface area contributed by atoms with Crippen molar-refractivity contribution in [3.8, 4) is 5.75 Å². The maximum Gasteiger partial charge on any atom is 0.344 e. The molecule has 4 rings (SSSR count). The number of para-hydroxylation sites is 2. The van der Waals surface area contributed by atoms with Crippen LogP contribution in [0.1, 0.15) is 18.9 Å². The number of carbonyl (C=O) groups is 4. The van der Waals surface area contributed by atoms with Crippen LogP contribution in [-0.4, -0.2) is 47.5 Å². The van der Waals surface area contributed by atoms with Gasteiger partial charge in [-0.3, -0.25) is 24.7 Å². The predicted molar refractivity (Wildman–Crippen MR) is 111 cm³/mol. The molecule has 0 radical (unpaired) electrons. The van der Waals surface area contributed by atoms with E-state index in [4.69, 9.17) is 4.74 Å². The third kappa shape index (κ3) is 4.07. The highest BCUT2D eigenvalue weighted by Crippen LogP contribution is 2.31. The second-order valence-corrected chi connectivity index (χ2v) is 7.66. The maximum atomic E-state index is 12.9. The summed E-state index contributed by atoms with van der Waals surface area (Å²) in [6.07, 6.45) is 0.966. The molecule has 9 nitrogen and oxygen atoms in total. The van der Waals surface area contributed by atoms with E-state index in [1.807, 2.05) is 30.3 Å². The van der Waals surface area contributed by atoms with Crippen LogP contribution in [-0.2, 0) is 20.8 Å². The van der Waals surface area contributed by atoms with Crippen molar-refractivity contribution < 1.29 is 23.9 Å². The minimum absolute atomic E-state index is 0.190. The van der Waals surface area contributed by atoms with E-state index in [0.717, 1.165) is 5.56 Å². The number of amides is 5. The molecule has 160 valence electrons. The minimum atomic E-state index is -1.14. The van der Waals surface area contributed by atoms with Gasteiger partial charge >= 0.3 is 6.03 Å². The van der Waals surface area contributed by atoms with Crippen molar-refractivity contribution in [3.05, 3.63) is 60.2 Å². The lowest BCUT2D eigenvalue weighted by Gasteiger charge is -2.29. The molecule has 2 aromatic rings. The summed E-state index contributed by atoms with van der Waals surface area (Å²) >= 11 is 0. The average molecular weight is 422 g/mol. The highest BCUT2D eigenvalue weighted by Gasteiger charge is 2.48. The Balaban J connectivity index is 1.41. The summed E-state index contributed by atoms with van der Waals surface area (Å²) in [5.74, 6) is -1.12. The predicted octanol–water partition coefficient (Wildman–Crippen LogP) is 1.39. The Kier molecular flexibility index (Phi) is 5.33. The normalized spacial score (nSPS) is 20.2. The van der Waals surface area contributed by atoms with E-state index in [1.165, 1.54) is 4.90 Å². The zero-order valence-electron chi connectivity index (χ0n) is 17.0. The molecule has 0 unspecified atom stereocenters. The largest absolute Gasteiger partial charge is 0.482 e. The van der Waals surface area contributed by atoms with Crippen molar-refractivity contribution >= 4 is 29.4 Å². The van der Waals surface area contributed by atoms with E-state index in [2.05, 4.69) is 10.7 Å². The summed E-state index contributed by atoms with van der Waals surface area (Å²) in [6.45, 7) is 1.09. The second kappa shape index (κ2) is 8.10. The first-order valence-electron chi connectivity index (χ1n) is 9.90. The highest BCUT2D eigenvalue weighted by atomic mass is 16.5. The lowest BCUT2D eigenvalue weighted by atomic mass is 9.93. The van der Waals surface area contributed by atoms with Crippen LogP contribution in [0, 0.1) is 0 Å². The zero-order chi connectivity index (χ0) is 22.0. The maximum absolute atomic E-state index is 12.9. The molecule has 1 fully saturated rings. The zero-order valence-corrected chi connectivity index (χ0v) is 17.0. The molecule has 9 heteroatoms. The topological polar surface area (TPSA) is 108 Å². The quantitative estimate of drug-likeness (QED) is 0.684. The first-order chi connectivity index (χ1) is 14.9. The van der Waals surface area contributed by atoms with E-state index in [-0.39, 0.29) is 13.2 Å². The SMILES string of the molecule is C[C@@]1(CCc2ccccc2)NC(=O)N(NC(=O)CN2C(=O)COc3ccccc32)C1=O. The van der Waals surface area contributed by atoms with Gasteiger partial charge in [-0.2, -0.15) is 5.01 Å². The number of benzene rings is 2. The molecule has 0 spiro atoms. The summed E-state index contributed by atoms with van der Waals surface area (Å²) in [5, 5.41) is 3.34. The first-order valence-corrected chi connectivity index (χ1v) is 9.90. The fourth-order valence-corrected chi connectivity index (χ4v) is 3.63. The number of ether oxygens (including phenoxy) is 1. The van der Waals surface area contributed by atoms with Crippen LogP contribution in [0.25, 0.3) is 0 Å². The summed E-state index contributed by atoms with van der Waals surface area (Å²) in [5.41, 5.74) is 2.69. The van der Waals surface area contributed by atoms with Crippen LogP contribution < -0.4 is 20.4 Å². The van der Waals surface area contributed by atoms with Crippen molar-refractivity contribution in [2.24, 2.45) is 0 Å². The van der Waals surface area contributed by atoms with Crippen LogP contribution in [0.3, 0.4) is 0 Å². The van der Waals surface area contributed by atoms with Gasteiger partial charge in [-0.25, -0.2) is 4.79 Å². The highest BCUT2D eigenvalue weighted by molar-refractivity contribution is 6.08. The Morgan fingerprint density at radius 3 is 2.58 bits per heavy atom. The molecule has 2 heterocycles. The summed E-state index contributed by atoms with van der Waals surface area (Å²) < 4.78 is 5.35. The van der Waals surface area contributed by atoms with E-state index in [9.17, 15) is 19.2 Å². The van der Waals surface area contributed by atoms with Crippen molar-refractivity contribution in [1.29, 1.82) is 0 Å².